The molecule has 0 saturated heterocycles. The van der Waals surface area contributed by atoms with Gasteiger partial charge in [0.25, 0.3) is 0 Å². The van der Waals surface area contributed by atoms with E-state index in [0.29, 0.717) is 0 Å². The highest BCUT2D eigenvalue weighted by Crippen LogP contribution is 2.21. The fraction of sp³-hybridized carbons (Fsp3) is 0.583. The van der Waals surface area contributed by atoms with Crippen LogP contribution in [0.4, 0.5) is 0 Å². The van der Waals surface area contributed by atoms with Crippen molar-refractivity contribution < 1.29 is 0 Å². The quantitative estimate of drug-likeness (QED) is 0.539. The second-order valence-electron chi connectivity index (χ2n) is 3.67. The summed E-state index contributed by atoms with van der Waals surface area (Å²) in [6, 6.07) is 0. The molecule has 1 aliphatic rings. The molecule has 1 nitrogen and oxygen atoms in total. The molecule has 0 aliphatic heterocycles. The third kappa shape index (κ3) is 3.17. The molecule has 0 spiro atoms. The minimum Gasteiger partial charge on any atom is -0.259 e. The van der Waals surface area contributed by atoms with E-state index in [4.69, 9.17) is 0 Å². The van der Waals surface area contributed by atoms with Crippen LogP contribution in [0.15, 0.2) is 28.9 Å². The van der Waals surface area contributed by atoms with Crippen LogP contribution in [0.3, 0.4) is 0 Å². The van der Waals surface area contributed by atoms with Crippen molar-refractivity contribution in [3.05, 3.63) is 23.9 Å². The Kier molecular flexibility index (Phi) is 3.94. The fourth-order valence-corrected chi connectivity index (χ4v) is 1.76. The summed E-state index contributed by atoms with van der Waals surface area (Å²) < 4.78 is 0. The minimum atomic E-state index is 0.927. The number of rotatable bonds is 1. The van der Waals surface area contributed by atoms with Crippen LogP contribution in [0.5, 0.6) is 0 Å². The Balaban J connectivity index is 2.83. The van der Waals surface area contributed by atoms with E-state index in [1.165, 1.54) is 37.0 Å². The van der Waals surface area contributed by atoms with Crippen molar-refractivity contribution in [2.24, 2.45) is 4.99 Å². The second kappa shape index (κ2) is 5.00. The lowest BCUT2D eigenvalue weighted by atomic mass is 10.1. The Morgan fingerprint density at radius 1 is 1.31 bits per heavy atom. The maximum absolute atomic E-state index is 4.50. The summed E-state index contributed by atoms with van der Waals surface area (Å²) in [6.07, 6.45) is 8.47. The standard InChI is InChI=1S/C12H19N/c1-4-11-8-6-5-7-9-12(11)13-10(2)3/h4H,2,5-9H2,1,3H3/b11-4-,13-12-. The van der Waals surface area contributed by atoms with Crippen molar-refractivity contribution in [2.75, 3.05) is 0 Å². The topological polar surface area (TPSA) is 12.4 Å². The smallest absolute Gasteiger partial charge is 0.0435 e. The van der Waals surface area contributed by atoms with Crippen LogP contribution in [0, 0.1) is 0 Å². The van der Waals surface area contributed by atoms with Gasteiger partial charge in [0.15, 0.2) is 0 Å². The predicted molar refractivity (Wildman–Crippen MR) is 59.1 cm³/mol. The lowest BCUT2D eigenvalue weighted by Gasteiger charge is -2.05. The number of aliphatic imine (C=N–C) groups is 1. The van der Waals surface area contributed by atoms with E-state index < -0.39 is 0 Å². The first kappa shape index (κ1) is 10.2. The molecule has 0 unspecified atom stereocenters. The molecule has 0 amide bonds. The van der Waals surface area contributed by atoms with Crippen LogP contribution in [-0.2, 0) is 0 Å². The van der Waals surface area contributed by atoms with Gasteiger partial charge < -0.3 is 0 Å². The zero-order chi connectivity index (χ0) is 9.68. The van der Waals surface area contributed by atoms with Gasteiger partial charge in [0.05, 0.1) is 0 Å². The maximum Gasteiger partial charge on any atom is 0.0435 e. The summed E-state index contributed by atoms with van der Waals surface area (Å²) in [7, 11) is 0. The average molecular weight is 177 g/mol. The molecule has 0 N–H and O–H groups in total. The second-order valence-corrected chi connectivity index (χ2v) is 3.67. The average Bonchev–Trinajstić information content (AvgIpc) is 2.28. The summed E-state index contributed by atoms with van der Waals surface area (Å²) in [5.41, 5.74) is 3.63. The van der Waals surface area contributed by atoms with Gasteiger partial charge in [-0.2, -0.15) is 0 Å². The Morgan fingerprint density at radius 3 is 2.62 bits per heavy atom. The van der Waals surface area contributed by atoms with E-state index in [1.54, 1.807) is 0 Å². The lowest BCUT2D eigenvalue weighted by Crippen LogP contribution is -2.00. The van der Waals surface area contributed by atoms with E-state index in [-0.39, 0.29) is 0 Å². The zero-order valence-electron chi connectivity index (χ0n) is 8.77. The molecule has 0 aromatic rings. The summed E-state index contributed by atoms with van der Waals surface area (Å²) >= 11 is 0. The van der Waals surface area contributed by atoms with E-state index in [1.807, 2.05) is 6.92 Å². The van der Waals surface area contributed by atoms with Crippen molar-refractivity contribution in [1.82, 2.24) is 0 Å². The number of allylic oxidation sites excluding steroid dienone is 3. The lowest BCUT2D eigenvalue weighted by molar-refractivity contribution is 0.724. The predicted octanol–water partition coefficient (Wildman–Crippen LogP) is 3.87. The van der Waals surface area contributed by atoms with E-state index in [0.717, 1.165) is 12.1 Å². The Labute approximate surface area is 81.3 Å². The largest absolute Gasteiger partial charge is 0.259 e. The first-order valence-electron chi connectivity index (χ1n) is 5.12. The van der Waals surface area contributed by atoms with Crippen LogP contribution in [0.25, 0.3) is 0 Å². The van der Waals surface area contributed by atoms with Crippen LogP contribution in [0.1, 0.15) is 46.0 Å². The molecule has 13 heavy (non-hydrogen) atoms. The Morgan fingerprint density at radius 2 is 2.00 bits per heavy atom. The molecule has 0 atom stereocenters. The molecular weight excluding hydrogens is 158 g/mol. The van der Waals surface area contributed by atoms with Gasteiger partial charge in [-0.05, 0) is 45.1 Å². The Bertz CT molecular complexity index is 246. The van der Waals surface area contributed by atoms with Crippen LogP contribution in [-0.4, -0.2) is 5.71 Å². The summed E-state index contributed by atoms with van der Waals surface area (Å²) in [6.45, 7) is 7.90. The van der Waals surface area contributed by atoms with E-state index >= 15 is 0 Å². The van der Waals surface area contributed by atoms with Crippen LogP contribution < -0.4 is 0 Å². The first-order chi connectivity index (χ1) is 6.24. The molecule has 0 radical (unpaired) electrons. The van der Waals surface area contributed by atoms with Gasteiger partial charge >= 0.3 is 0 Å². The zero-order valence-corrected chi connectivity index (χ0v) is 8.77. The number of hydrogen-bond donors (Lipinski definition) is 0. The Hall–Kier alpha value is -0.850. The van der Waals surface area contributed by atoms with E-state index in [2.05, 4.69) is 24.6 Å². The SMILES string of the molecule is C=C(C)/N=C1/CCCCC/C1=C/C. The third-order valence-corrected chi connectivity index (χ3v) is 2.40. The monoisotopic (exact) mass is 177 g/mol. The van der Waals surface area contributed by atoms with Gasteiger partial charge in [-0.3, -0.25) is 4.99 Å². The fourth-order valence-electron chi connectivity index (χ4n) is 1.76. The van der Waals surface area contributed by atoms with Crippen molar-refractivity contribution in [1.29, 1.82) is 0 Å². The van der Waals surface area contributed by atoms with Crippen molar-refractivity contribution >= 4 is 5.71 Å². The highest BCUT2D eigenvalue weighted by atomic mass is 14.7. The molecule has 1 saturated carbocycles. The molecular formula is C12H19N. The first-order valence-corrected chi connectivity index (χ1v) is 5.12. The molecule has 1 heteroatoms. The van der Waals surface area contributed by atoms with E-state index in [9.17, 15) is 0 Å². The van der Waals surface area contributed by atoms with Gasteiger partial charge in [0.2, 0.25) is 0 Å². The number of nitrogens with zero attached hydrogens (tertiary/aromatic N) is 1. The highest BCUT2D eigenvalue weighted by molar-refractivity contribution is 6.00. The summed E-state index contributed by atoms with van der Waals surface area (Å²) in [4.78, 5) is 4.50. The molecule has 0 bridgehead atoms. The third-order valence-electron chi connectivity index (χ3n) is 2.40. The minimum absolute atomic E-state index is 0.927. The highest BCUT2D eigenvalue weighted by Gasteiger charge is 2.10. The molecule has 72 valence electrons. The van der Waals surface area contributed by atoms with Gasteiger partial charge in [0, 0.05) is 11.4 Å². The molecule has 1 aliphatic carbocycles. The molecule has 0 aromatic heterocycles. The van der Waals surface area contributed by atoms with Gasteiger partial charge in [-0.1, -0.05) is 19.1 Å². The normalized spacial score (nSPS) is 24.8. The van der Waals surface area contributed by atoms with Crippen LogP contribution >= 0.6 is 0 Å². The van der Waals surface area contributed by atoms with Crippen LogP contribution in [0.2, 0.25) is 0 Å². The molecule has 1 rings (SSSR count). The molecule has 0 heterocycles. The molecule has 0 aromatic carbocycles. The van der Waals surface area contributed by atoms with Crippen molar-refractivity contribution in [3.8, 4) is 0 Å². The van der Waals surface area contributed by atoms with Gasteiger partial charge in [-0.25, -0.2) is 0 Å². The van der Waals surface area contributed by atoms with Crippen molar-refractivity contribution in [3.63, 3.8) is 0 Å². The maximum atomic E-state index is 4.50. The van der Waals surface area contributed by atoms with Crippen molar-refractivity contribution in [2.45, 2.75) is 46.0 Å². The van der Waals surface area contributed by atoms with Gasteiger partial charge in [0.1, 0.15) is 0 Å². The number of hydrogen-bond acceptors (Lipinski definition) is 1. The summed E-state index contributed by atoms with van der Waals surface area (Å²) in [5.74, 6) is 0. The summed E-state index contributed by atoms with van der Waals surface area (Å²) in [5, 5.41) is 0. The molecule has 1 fully saturated rings. The van der Waals surface area contributed by atoms with Gasteiger partial charge in [-0.15, -0.1) is 0 Å².